The number of ketones is 1. The molecule has 1 aromatic heterocycles. The summed E-state index contributed by atoms with van der Waals surface area (Å²) in [6.07, 6.45) is 0. The zero-order valence-corrected chi connectivity index (χ0v) is 27.2. The predicted octanol–water partition coefficient (Wildman–Crippen LogP) is 9.17. The lowest BCUT2D eigenvalue weighted by molar-refractivity contribution is -0.132. The van der Waals surface area contributed by atoms with Crippen LogP contribution < -0.4 is 9.64 Å². The number of benzene rings is 4. The molecule has 226 valence electrons. The largest absolute Gasteiger partial charge is 0.507 e. The van der Waals surface area contributed by atoms with E-state index in [0.717, 1.165) is 16.7 Å². The van der Waals surface area contributed by atoms with E-state index in [1.54, 1.807) is 42.5 Å². The van der Waals surface area contributed by atoms with E-state index in [9.17, 15) is 14.7 Å². The second-order valence-corrected chi connectivity index (χ2v) is 13.4. The SMILES string of the molecule is Cc1ccc(C)c(/C(O)=C2\C(=O)C(=O)N(c3nnc(SCc4ccc(Cl)cc4Cl)s3)C2c2cccc(Oc3ccccc3)c2)c1. The molecule has 1 amide bonds. The topological polar surface area (TPSA) is 92.6 Å². The minimum Gasteiger partial charge on any atom is -0.507 e. The van der Waals surface area contributed by atoms with Gasteiger partial charge in [0.25, 0.3) is 5.78 Å². The summed E-state index contributed by atoms with van der Waals surface area (Å²) in [4.78, 5) is 28.8. The zero-order valence-electron chi connectivity index (χ0n) is 24.0. The fraction of sp³-hybridized carbons (Fsp3) is 0.118. The average Bonchev–Trinajstić information content (AvgIpc) is 3.60. The van der Waals surface area contributed by atoms with Crippen LogP contribution >= 0.6 is 46.3 Å². The number of aryl methyl sites for hydroxylation is 2. The quantitative estimate of drug-likeness (QED) is 0.0577. The van der Waals surface area contributed by atoms with Crippen LogP contribution in [0.1, 0.15) is 33.9 Å². The number of aliphatic hydroxyl groups is 1. The highest BCUT2D eigenvalue weighted by atomic mass is 35.5. The minimum atomic E-state index is -0.985. The molecule has 1 saturated heterocycles. The Morgan fingerprint density at radius 2 is 1.71 bits per heavy atom. The van der Waals surface area contributed by atoms with Crippen LogP contribution in [-0.2, 0) is 15.3 Å². The normalized spacial score (nSPS) is 15.9. The second kappa shape index (κ2) is 13.1. The van der Waals surface area contributed by atoms with Gasteiger partial charge in [-0.05, 0) is 73.0 Å². The number of hydrogen-bond acceptors (Lipinski definition) is 8. The molecule has 0 saturated carbocycles. The van der Waals surface area contributed by atoms with Crippen LogP contribution in [0, 0.1) is 13.8 Å². The van der Waals surface area contributed by atoms with Crippen LogP contribution in [0.4, 0.5) is 5.13 Å². The van der Waals surface area contributed by atoms with Crippen molar-refractivity contribution < 1.29 is 19.4 Å². The molecular weight excluding hydrogens is 649 g/mol. The van der Waals surface area contributed by atoms with Crippen LogP contribution in [0.2, 0.25) is 10.0 Å². The van der Waals surface area contributed by atoms with Gasteiger partial charge >= 0.3 is 5.91 Å². The van der Waals surface area contributed by atoms with Crippen molar-refractivity contribution in [3.8, 4) is 11.5 Å². The Kier molecular flexibility index (Phi) is 8.96. The van der Waals surface area contributed by atoms with E-state index in [4.69, 9.17) is 27.9 Å². The third-order valence-corrected chi connectivity index (χ3v) is 9.91. The van der Waals surface area contributed by atoms with Gasteiger partial charge in [-0.1, -0.05) is 100 Å². The molecule has 11 heteroatoms. The fourth-order valence-corrected chi connectivity index (χ4v) is 7.42. The fourth-order valence-electron chi connectivity index (χ4n) is 4.99. The van der Waals surface area contributed by atoms with Crippen LogP contribution in [0.3, 0.4) is 0 Å². The van der Waals surface area contributed by atoms with Gasteiger partial charge in [-0.15, -0.1) is 10.2 Å². The van der Waals surface area contributed by atoms with Crippen molar-refractivity contribution in [1.82, 2.24) is 10.2 Å². The molecule has 1 aliphatic heterocycles. The maximum absolute atomic E-state index is 13.7. The monoisotopic (exact) mass is 673 g/mol. The van der Waals surface area contributed by atoms with E-state index in [-0.39, 0.29) is 16.5 Å². The van der Waals surface area contributed by atoms with Gasteiger partial charge in [-0.3, -0.25) is 14.5 Å². The molecule has 1 atom stereocenters. The van der Waals surface area contributed by atoms with E-state index in [1.807, 2.05) is 62.4 Å². The van der Waals surface area contributed by atoms with Gasteiger partial charge in [0.1, 0.15) is 17.3 Å². The van der Waals surface area contributed by atoms with Crippen LogP contribution in [0.25, 0.3) is 5.76 Å². The van der Waals surface area contributed by atoms with Crippen molar-refractivity contribution in [3.63, 3.8) is 0 Å². The van der Waals surface area contributed by atoms with Gasteiger partial charge in [0.2, 0.25) is 5.13 Å². The van der Waals surface area contributed by atoms with E-state index < -0.39 is 17.7 Å². The summed E-state index contributed by atoms with van der Waals surface area (Å²) < 4.78 is 6.65. The van der Waals surface area contributed by atoms with E-state index in [0.29, 0.717) is 42.8 Å². The van der Waals surface area contributed by atoms with Crippen molar-refractivity contribution in [3.05, 3.63) is 134 Å². The first-order valence-electron chi connectivity index (χ1n) is 13.8. The van der Waals surface area contributed by atoms with Gasteiger partial charge < -0.3 is 9.84 Å². The van der Waals surface area contributed by atoms with Crippen LogP contribution in [-0.4, -0.2) is 27.0 Å². The Balaban J connectivity index is 1.41. The highest BCUT2D eigenvalue weighted by Crippen LogP contribution is 2.45. The number of carbonyl (C=O) groups excluding carboxylic acids is 2. The number of hydrogen-bond donors (Lipinski definition) is 1. The minimum absolute atomic E-state index is 0.0390. The Hall–Kier alpha value is -4.15. The highest BCUT2D eigenvalue weighted by molar-refractivity contribution is 8.00. The molecule has 4 aromatic carbocycles. The third-order valence-electron chi connectivity index (χ3n) is 7.21. The van der Waals surface area contributed by atoms with Crippen molar-refractivity contribution >= 4 is 68.9 Å². The first-order valence-corrected chi connectivity index (χ1v) is 16.4. The zero-order chi connectivity index (χ0) is 31.7. The van der Waals surface area contributed by atoms with Gasteiger partial charge in [-0.2, -0.15) is 0 Å². The Morgan fingerprint density at radius 3 is 2.49 bits per heavy atom. The van der Waals surface area contributed by atoms with Crippen molar-refractivity contribution in [1.29, 1.82) is 0 Å². The Labute approximate surface area is 278 Å². The second-order valence-electron chi connectivity index (χ2n) is 10.4. The highest BCUT2D eigenvalue weighted by Gasteiger charge is 2.48. The predicted molar refractivity (Wildman–Crippen MR) is 180 cm³/mol. The van der Waals surface area contributed by atoms with E-state index >= 15 is 0 Å². The molecule has 0 spiro atoms. The average molecular weight is 675 g/mol. The molecule has 2 heterocycles. The van der Waals surface area contributed by atoms with Crippen molar-refractivity contribution in [2.24, 2.45) is 0 Å². The van der Waals surface area contributed by atoms with Crippen LogP contribution in [0.5, 0.6) is 11.5 Å². The first kappa shape index (κ1) is 30.9. The maximum atomic E-state index is 13.7. The van der Waals surface area contributed by atoms with Crippen molar-refractivity contribution in [2.45, 2.75) is 30.0 Å². The van der Waals surface area contributed by atoms with Gasteiger partial charge in [0.05, 0.1) is 11.6 Å². The number of amides is 1. The van der Waals surface area contributed by atoms with Crippen LogP contribution in [0.15, 0.2) is 101 Å². The lowest BCUT2D eigenvalue weighted by Crippen LogP contribution is -2.29. The number of rotatable bonds is 8. The number of thioether (sulfide) groups is 1. The molecule has 45 heavy (non-hydrogen) atoms. The summed E-state index contributed by atoms with van der Waals surface area (Å²) in [5.74, 6) is -0.249. The maximum Gasteiger partial charge on any atom is 0.301 e. The molecule has 5 aromatic rings. The van der Waals surface area contributed by atoms with Gasteiger partial charge in [0, 0.05) is 21.4 Å². The lowest BCUT2D eigenvalue weighted by atomic mass is 9.93. The number of halogens is 2. The molecule has 1 N–H and O–H groups in total. The number of carbonyl (C=O) groups is 2. The van der Waals surface area contributed by atoms with Crippen molar-refractivity contribution in [2.75, 3.05) is 4.90 Å². The number of aromatic nitrogens is 2. The number of ether oxygens (including phenoxy) is 1. The lowest BCUT2D eigenvalue weighted by Gasteiger charge is -2.23. The smallest absolute Gasteiger partial charge is 0.301 e. The number of nitrogens with zero attached hydrogens (tertiary/aromatic N) is 3. The Morgan fingerprint density at radius 1 is 0.933 bits per heavy atom. The summed E-state index contributed by atoms with van der Waals surface area (Å²) in [6, 6.07) is 26.3. The molecule has 1 aliphatic rings. The summed E-state index contributed by atoms with van der Waals surface area (Å²) in [7, 11) is 0. The Bertz CT molecular complexity index is 1960. The number of para-hydroxylation sites is 1. The molecule has 0 aliphatic carbocycles. The molecule has 7 nitrogen and oxygen atoms in total. The standard InChI is InChI=1S/C34H25Cl2N3O4S2/c1-19-11-12-20(2)26(15-19)30(40)28-29(21-7-6-10-25(16-21)43-24-8-4-3-5-9-24)39(32(42)31(28)41)33-37-38-34(45-33)44-18-22-13-14-23(35)17-27(22)36/h3-17,29,40H,18H2,1-2H3/b30-28+. The van der Waals surface area contributed by atoms with Gasteiger partial charge in [-0.25, -0.2) is 0 Å². The number of aliphatic hydroxyl groups excluding tert-OH is 1. The number of Topliss-reactive ketones (excluding diaryl/α,β-unsaturated/α-hetero) is 1. The van der Waals surface area contributed by atoms with E-state index in [2.05, 4.69) is 10.2 Å². The van der Waals surface area contributed by atoms with E-state index in [1.165, 1.54) is 28.0 Å². The summed E-state index contributed by atoms with van der Waals surface area (Å²) in [5, 5.41) is 21.6. The summed E-state index contributed by atoms with van der Waals surface area (Å²) in [5.41, 5.74) is 3.53. The molecule has 6 rings (SSSR count). The van der Waals surface area contributed by atoms with Gasteiger partial charge in [0.15, 0.2) is 4.34 Å². The molecule has 1 unspecified atom stereocenters. The summed E-state index contributed by atoms with van der Waals surface area (Å²) >= 11 is 15.0. The summed E-state index contributed by atoms with van der Waals surface area (Å²) in [6.45, 7) is 3.74. The molecule has 1 fully saturated rings. The molecule has 0 radical (unpaired) electrons. The number of anilines is 1. The molecule has 0 bridgehead atoms. The first-order chi connectivity index (χ1) is 21.7. The molecular formula is C34H25Cl2N3O4S2. The third kappa shape index (κ3) is 6.48.